The first-order valence-electron chi connectivity index (χ1n) is 15.9. The summed E-state index contributed by atoms with van der Waals surface area (Å²) in [7, 11) is 0. The highest BCUT2D eigenvalue weighted by Crippen LogP contribution is 2.19. The Bertz CT molecular complexity index is 1660. The summed E-state index contributed by atoms with van der Waals surface area (Å²) >= 11 is 0. The number of hydrogen-bond acceptors (Lipinski definition) is 9. The third-order valence-corrected chi connectivity index (χ3v) is 7.09. The number of carboxylic acid groups (broad SMARTS) is 2. The molecule has 0 unspecified atom stereocenters. The number of aromatic carboxylic acids is 1. The van der Waals surface area contributed by atoms with Crippen LogP contribution in [0.5, 0.6) is 0 Å². The molecule has 16 heteroatoms. The molecular weight excluding hydrogens is 664 g/mol. The van der Waals surface area contributed by atoms with Crippen LogP contribution in [0.2, 0.25) is 0 Å². The number of para-hydroxylation sites is 1. The lowest BCUT2D eigenvalue weighted by Gasteiger charge is -2.23. The SMILES string of the molecule is C=CCOC(=O)NCCCC[C@H](NC(=O)[C@H](Cc1c[nH]c2ccccc12)NC(=O)[C@@H](C)NC(=O)OCC=C)C(=O)O.Nc1ccc(C(=O)O)cc1. The number of carbonyl (C=O) groups is 6. The van der Waals surface area contributed by atoms with Crippen molar-refractivity contribution in [3.05, 3.63) is 91.2 Å². The number of aliphatic carboxylic acids is 1. The molecule has 0 aliphatic heterocycles. The Kier molecular flexibility index (Phi) is 17.3. The van der Waals surface area contributed by atoms with Crippen molar-refractivity contribution < 1.29 is 48.5 Å². The van der Waals surface area contributed by atoms with Gasteiger partial charge in [0.15, 0.2) is 0 Å². The van der Waals surface area contributed by atoms with Crippen LogP contribution in [0.3, 0.4) is 0 Å². The minimum atomic E-state index is -1.24. The fraction of sp³-hybridized carbons (Fsp3) is 0.314. The summed E-state index contributed by atoms with van der Waals surface area (Å²) in [4.78, 5) is 74.8. The Balaban J connectivity index is 0.000000770. The van der Waals surface area contributed by atoms with Gasteiger partial charge in [0.05, 0.1) is 5.56 Å². The lowest BCUT2D eigenvalue weighted by molar-refractivity contribution is -0.142. The Labute approximate surface area is 294 Å². The minimum absolute atomic E-state index is 0.0438. The molecule has 0 radical (unpaired) electrons. The molecule has 16 nitrogen and oxygen atoms in total. The molecule has 4 amide bonds. The minimum Gasteiger partial charge on any atom is -0.480 e. The number of nitrogen functional groups attached to an aromatic ring is 1. The van der Waals surface area contributed by atoms with Crippen LogP contribution in [0, 0.1) is 0 Å². The first-order chi connectivity index (χ1) is 24.4. The number of alkyl carbamates (subject to hydrolysis) is 2. The second-order valence-electron chi connectivity index (χ2n) is 11.0. The molecule has 0 bridgehead atoms. The maximum Gasteiger partial charge on any atom is 0.408 e. The van der Waals surface area contributed by atoms with Crippen LogP contribution in [-0.4, -0.2) is 89.0 Å². The van der Waals surface area contributed by atoms with Gasteiger partial charge in [-0.2, -0.15) is 0 Å². The average molecular weight is 709 g/mol. The third kappa shape index (κ3) is 14.8. The first kappa shape index (κ1) is 40.9. The van der Waals surface area contributed by atoms with E-state index in [0.717, 1.165) is 16.5 Å². The van der Waals surface area contributed by atoms with Crippen LogP contribution in [0.25, 0.3) is 10.9 Å². The van der Waals surface area contributed by atoms with Gasteiger partial charge in [0, 0.05) is 35.8 Å². The van der Waals surface area contributed by atoms with Crippen LogP contribution in [-0.2, 0) is 30.3 Å². The van der Waals surface area contributed by atoms with E-state index in [-0.39, 0.29) is 38.2 Å². The highest BCUT2D eigenvalue weighted by molar-refractivity contribution is 5.93. The lowest BCUT2D eigenvalue weighted by Crippen LogP contribution is -2.55. The third-order valence-electron chi connectivity index (χ3n) is 7.09. The summed E-state index contributed by atoms with van der Waals surface area (Å²) in [5.74, 6) is -3.54. The van der Waals surface area contributed by atoms with Gasteiger partial charge in [-0.05, 0) is 62.1 Å². The number of anilines is 1. The standard InChI is InChI=1S/C28H37N5O8.C7H7NO2/c1-4-14-40-27(38)29-13-9-8-12-22(26(36)37)32-25(35)23(16-19-17-30-21-11-7-6-10-20(19)21)33-24(34)18(3)31-28(39)41-15-5-2;8-6-3-1-5(2-4-6)7(9)10/h4-7,10-11,17-18,22-23,30H,1-2,8-9,12-16H2,3H3,(H,29,38)(H,31,39)(H,32,35)(H,33,34)(H,36,37);1-4H,8H2,(H,9,10)/t18-,22+,23+;/m1./s1. The molecule has 1 aromatic heterocycles. The van der Waals surface area contributed by atoms with Gasteiger partial charge in [-0.25, -0.2) is 19.2 Å². The summed E-state index contributed by atoms with van der Waals surface area (Å²) in [6.45, 7) is 8.61. The van der Waals surface area contributed by atoms with Crippen molar-refractivity contribution in [3.8, 4) is 0 Å². The van der Waals surface area contributed by atoms with Gasteiger partial charge < -0.3 is 51.7 Å². The normalized spacial score (nSPS) is 12.0. The van der Waals surface area contributed by atoms with Crippen LogP contribution in [0.4, 0.5) is 15.3 Å². The number of carbonyl (C=O) groups excluding carboxylic acids is 4. The van der Waals surface area contributed by atoms with E-state index in [2.05, 4.69) is 39.4 Å². The summed E-state index contributed by atoms with van der Waals surface area (Å²) in [5.41, 5.74) is 7.73. The van der Waals surface area contributed by atoms with Crippen molar-refractivity contribution in [3.63, 3.8) is 0 Å². The van der Waals surface area contributed by atoms with E-state index in [0.29, 0.717) is 18.5 Å². The molecule has 9 N–H and O–H groups in total. The van der Waals surface area contributed by atoms with E-state index in [9.17, 15) is 33.9 Å². The molecule has 3 aromatic rings. The Morgan fingerprint density at radius 1 is 0.843 bits per heavy atom. The molecule has 0 spiro atoms. The zero-order valence-electron chi connectivity index (χ0n) is 28.2. The number of H-pyrrole nitrogens is 1. The molecule has 0 saturated heterocycles. The van der Waals surface area contributed by atoms with Gasteiger partial charge in [0.25, 0.3) is 0 Å². The first-order valence-corrected chi connectivity index (χ1v) is 15.9. The lowest BCUT2D eigenvalue weighted by atomic mass is 10.0. The number of carboxylic acids is 2. The zero-order chi connectivity index (χ0) is 37.8. The van der Waals surface area contributed by atoms with Crippen molar-refractivity contribution >= 4 is 52.5 Å². The van der Waals surface area contributed by atoms with Gasteiger partial charge in [0.1, 0.15) is 31.3 Å². The highest BCUT2D eigenvalue weighted by Gasteiger charge is 2.29. The van der Waals surface area contributed by atoms with Gasteiger partial charge >= 0.3 is 24.1 Å². The number of nitrogens with one attached hydrogen (secondary N) is 5. The number of rotatable bonds is 18. The van der Waals surface area contributed by atoms with Crippen molar-refractivity contribution in [1.29, 1.82) is 0 Å². The Morgan fingerprint density at radius 3 is 2.10 bits per heavy atom. The molecule has 0 aliphatic carbocycles. The van der Waals surface area contributed by atoms with Crippen LogP contribution < -0.4 is 27.0 Å². The number of hydrogen-bond donors (Lipinski definition) is 8. The van der Waals surface area contributed by atoms with E-state index in [1.807, 2.05) is 24.3 Å². The Hall–Kier alpha value is -6.32. The average Bonchev–Trinajstić information content (AvgIpc) is 3.51. The number of aromatic nitrogens is 1. The largest absolute Gasteiger partial charge is 0.480 e. The molecule has 274 valence electrons. The zero-order valence-corrected chi connectivity index (χ0v) is 28.2. The molecule has 3 atom stereocenters. The molecule has 0 saturated carbocycles. The van der Waals surface area contributed by atoms with E-state index >= 15 is 0 Å². The fourth-order valence-electron chi connectivity index (χ4n) is 4.45. The van der Waals surface area contributed by atoms with E-state index in [1.54, 1.807) is 18.3 Å². The van der Waals surface area contributed by atoms with Gasteiger partial charge in [-0.3, -0.25) is 9.59 Å². The second kappa shape index (κ2) is 21.6. The summed E-state index contributed by atoms with van der Waals surface area (Å²) < 4.78 is 9.63. The number of ether oxygens (including phenoxy) is 2. The van der Waals surface area contributed by atoms with Crippen LogP contribution in [0.1, 0.15) is 42.1 Å². The number of amides is 4. The van der Waals surface area contributed by atoms with Crippen LogP contribution >= 0.6 is 0 Å². The fourth-order valence-corrected chi connectivity index (χ4v) is 4.45. The van der Waals surface area contributed by atoms with Gasteiger partial charge in [-0.15, -0.1) is 0 Å². The Morgan fingerprint density at radius 2 is 1.47 bits per heavy atom. The monoisotopic (exact) mass is 708 g/mol. The van der Waals surface area contributed by atoms with E-state index < -0.39 is 54.1 Å². The number of fused-ring (bicyclic) bond motifs is 1. The molecule has 0 fully saturated rings. The second-order valence-corrected chi connectivity index (χ2v) is 11.0. The quantitative estimate of drug-likeness (QED) is 0.0541. The number of unbranched alkanes of at least 4 members (excludes halogenated alkanes) is 1. The van der Waals surface area contributed by atoms with Crippen molar-refractivity contribution in [1.82, 2.24) is 26.3 Å². The van der Waals surface area contributed by atoms with E-state index in [1.165, 1.54) is 31.2 Å². The molecule has 3 rings (SSSR count). The molecular formula is C35H44N6O10. The topological polar surface area (TPSA) is 251 Å². The summed E-state index contributed by atoms with van der Waals surface area (Å²) in [6, 6.07) is 10.0. The molecule has 51 heavy (non-hydrogen) atoms. The smallest absolute Gasteiger partial charge is 0.408 e. The van der Waals surface area contributed by atoms with Crippen molar-refractivity contribution in [2.24, 2.45) is 0 Å². The molecule has 1 heterocycles. The van der Waals surface area contributed by atoms with E-state index in [4.69, 9.17) is 20.3 Å². The molecule has 2 aromatic carbocycles. The summed E-state index contributed by atoms with van der Waals surface area (Å²) in [6.07, 6.45) is 4.05. The van der Waals surface area contributed by atoms with Gasteiger partial charge in [0.2, 0.25) is 11.8 Å². The number of benzene rings is 2. The van der Waals surface area contributed by atoms with Crippen molar-refractivity contribution in [2.75, 3.05) is 25.5 Å². The highest BCUT2D eigenvalue weighted by atomic mass is 16.6. The number of aromatic amines is 1. The maximum absolute atomic E-state index is 13.3. The predicted molar refractivity (Wildman–Crippen MR) is 189 cm³/mol. The van der Waals surface area contributed by atoms with Crippen molar-refractivity contribution in [2.45, 2.75) is 50.7 Å². The molecule has 0 aliphatic rings. The van der Waals surface area contributed by atoms with Crippen LogP contribution in [0.15, 0.2) is 80.0 Å². The predicted octanol–water partition coefficient (Wildman–Crippen LogP) is 3.11. The number of nitrogens with two attached hydrogens (primary N) is 1. The van der Waals surface area contributed by atoms with Gasteiger partial charge in [-0.1, -0.05) is 43.5 Å². The maximum atomic E-state index is 13.3. The summed E-state index contributed by atoms with van der Waals surface area (Å²) in [5, 5.41) is 29.0.